The first-order valence-corrected chi connectivity index (χ1v) is 7.65. The largest absolute Gasteiger partial charge is 0.495 e. The maximum atomic E-state index is 13.5. The van der Waals surface area contributed by atoms with E-state index in [1.807, 2.05) is 0 Å². The molecule has 134 valence electrons. The summed E-state index contributed by atoms with van der Waals surface area (Å²) in [5, 5.41) is 0.254. The molecule has 8 heteroatoms. The van der Waals surface area contributed by atoms with E-state index in [2.05, 4.69) is 0 Å². The summed E-state index contributed by atoms with van der Waals surface area (Å²) >= 11 is 6.07. The average Bonchev–Trinajstić information content (AvgIpc) is 2.70. The van der Waals surface area contributed by atoms with Crippen LogP contribution in [0.15, 0.2) is 18.2 Å². The Hall–Kier alpha value is -1.47. The van der Waals surface area contributed by atoms with Crippen LogP contribution in [-0.2, 0) is 14.3 Å². The van der Waals surface area contributed by atoms with Crippen LogP contribution >= 0.6 is 11.6 Å². The van der Waals surface area contributed by atoms with Gasteiger partial charge in [-0.2, -0.15) is 13.2 Å². The molecule has 0 bridgehead atoms. The smallest absolute Gasteiger partial charge is 0.417 e. The molecule has 1 heterocycles. The van der Waals surface area contributed by atoms with Crippen LogP contribution < -0.4 is 4.74 Å². The molecule has 1 fully saturated rings. The number of hydrogen-bond acceptors (Lipinski definition) is 4. The first-order valence-electron chi connectivity index (χ1n) is 7.27. The van der Waals surface area contributed by atoms with Gasteiger partial charge in [-0.3, -0.25) is 4.79 Å². The van der Waals surface area contributed by atoms with Crippen molar-refractivity contribution in [3.8, 4) is 5.75 Å². The Kier molecular flexibility index (Phi) is 5.06. The van der Waals surface area contributed by atoms with Crippen LogP contribution in [0.2, 0.25) is 5.02 Å². The van der Waals surface area contributed by atoms with Crippen molar-refractivity contribution in [2.45, 2.75) is 44.8 Å². The number of ether oxygens (including phenoxy) is 3. The zero-order chi connectivity index (χ0) is 18.3. The van der Waals surface area contributed by atoms with Crippen molar-refractivity contribution in [3.63, 3.8) is 0 Å². The van der Waals surface area contributed by atoms with Crippen molar-refractivity contribution in [2.24, 2.45) is 5.92 Å². The normalized spacial score (nSPS) is 30.2. The fourth-order valence-electron chi connectivity index (χ4n) is 3.01. The lowest BCUT2D eigenvalue weighted by Gasteiger charge is -2.31. The minimum Gasteiger partial charge on any atom is -0.495 e. The molecule has 1 aromatic carbocycles. The number of para-hydroxylation sites is 1. The van der Waals surface area contributed by atoms with Crippen LogP contribution in [0.3, 0.4) is 0 Å². The molecule has 24 heavy (non-hydrogen) atoms. The number of benzene rings is 1. The van der Waals surface area contributed by atoms with Crippen LogP contribution in [-0.4, -0.2) is 31.1 Å². The fraction of sp³-hybridized carbons (Fsp3) is 0.562. The van der Waals surface area contributed by atoms with Crippen LogP contribution in [0.5, 0.6) is 5.75 Å². The van der Waals surface area contributed by atoms with Crippen molar-refractivity contribution in [1.29, 1.82) is 0 Å². The van der Waals surface area contributed by atoms with Gasteiger partial charge in [0, 0.05) is 18.4 Å². The van der Waals surface area contributed by atoms with Crippen molar-refractivity contribution >= 4 is 17.6 Å². The molecule has 1 aliphatic rings. The topological polar surface area (TPSA) is 44.8 Å². The quantitative estimate of drug-likeness (QED) is 0.748. The van der Waals surface area contributed by atoms with Gasteiger partial charge in [0.2, 0.25) is 6.29 Å². The maximum Gasteiger partial charge on any atom is 0.417 e. The van der Waals surface area contributed by atoms with Gasteiger partial charge in [0.05, 0.1) is 18.1 Å². The lowest BCUT2D eigenvalue weighted by molar-refractivity contribution is -0.293. The maximum absolute atomic E-state index is 13.5. The number of hydrogen-bond donors (Lipinski definition) is 0. The van der Waals surface area contributed by atoms with Crippen molar-refractivity contribution in [1.82, 2.24) is 0 Å². The Morgan fingerprint density at radius 1 is 1.38 bits per heavy atom. The Balaban J connectivity index is 2.56. The molecule has 0 amide bonds. The summed E-state index contributed by atoms with van der Waals surface area (Å²) in [6.07, 6.45) is -6.03. The van der Waals surface area contributed by atoms with Crippen LogP contribution in [0.4, 0.5) is 13.2 Å². The van der Waals surface area contributed by atoms with Gasteiger partial charge in [-0.15, -0.1) is 0 Å². The van der Waals surface area contributed by atoms with Crippen molar-refractivity contribution in [2.75, 3.05) is 7.11 Å². The Labute approximate surface area is 142 Å². The fourth-order valence-corrected chi connectivity index (χ4v) is 3.26. The van der Waals surface area contributed by atoms with Gasteiger partial charge in [-0.25, -0.2) is 0 Å². The SMILES string of the molecule is COc1c(Cl)cccc1C1C(OC(C)=O)OC(C)(C(F)(F)F)C1C. The molecule has 0 spiro atoms. The minimum absolute atomic E-state index is 0.239. The Morgan fingerprint density at radius 3 is 2.50 bits per heavy atom. The van der Waals surface area contributed by atoms with Gasteiger partial charge in [-0.05, 0) is 13.0 Å². The summed E-state index contributed by atoms with van der Waals surface area (Å²) in [6, 6.07) is 4.75. The summed E-state index contributed by atoms with van der Waals surface area (Å²) < 4.78 is 56.0. The van der Waals surface area contributed by atoms with Gasteiger partial charge >= 0.3 is 12.1 Å². The van der Waals surface area contributed by atoms with Crippen LogP contribution in [0, 0.1) is 5.92 Å². The molecule has 1 aromatic rings. The Bertz CT molecular complexity index is 634. The van der Waals surface area contributed by atoms with E-state index in [9.17, 15) is 18.0 Å². The molecular formula is C16H18ClF3O4. The highest BCUT2D eigenvalue weighted by atomic mass is 35.5. The first-order chi connectivity index (χ1) is 11.0. The van der Waals surface area contributed by atoms with Gasteiger partial charge < -0.3 is 14.2 Å². The summed E-state index contributed by atoms with van der Waals surface area (Å²) in [6.45, 7) is 3.47. The number of rotatable bonds is 3. The third-order valence-corrected chi connectivity index (χ3v) is 4.77. The van der Waals surface area contributed by atoms with E-state index < -0.39 is 35.9 Å². The summed E-state index contributed by atoms with van der Waals surface area (Å²) in [4.78, 5) is 11.3. The van der Waals surface area contributed by atoms with E-state index in [-0.39, 0.29) is 10.8 Å². The molecular weight excluding hydrogens is 349 g/mol. The minimum atomic E-state index is -4.63. The van der Waals surface area contributed by atoms with E-state index in [1.165, 1.54) is 14.0 Å². The van der Waals surface area contributed by atoms with Crippen LogP contribution in [0.1, 0.15) is 32.3 Å². The molecule has 4 atom stereocenters. The van der Waals surface area contributed by atoms with Gasteiger partial charge in [0.1, 0.15) is 5.75 Å². The summed E-state index contributed by atoms with van der Waals surface area (Å²) in [7, 11) is 1.37. The lowest BCUT2D eigenvalue weighted by Crippen LogP contribution is -2.47. The molecule has 0 aliphatic carbocycles. The van der Waals surface area contributed by atoms with Crippen molar-refractivity contribution in [3.05, 3.63) is 28.8 Å². The van der Waals surface area contributed by atoms with Gasteiger partial charge in [-0.1, -0.05) is 30.7 Å². The van der Waals surface area contributed by atoms with E-state index in [1.54, 1.807) is 18.2 Å². The highest BCUT2D eigenvalue weighted by Gasteiger charge is 2.65. The number of alkyl halides is 3. The average molecular weight is 367 g/mol. The van der Waals surface area contributed by atoms with Crippen molar-refractivity contribution < 1.29 is 32.2 Å². The second-order valence-electron chi connectivity index (χ2n) is 5.88. The Morgan fingerprint density at radius 2 is 2.00 bits per heavy atom. The van der Waals surface area contributed by atoms with Gasteiger partial charge in [0.15, 0.2) is 5.60 Å². The van der Waals surface area contributed by atoms with Crippen LogP contribution in [0.25, 0.3) is 0 Å². The number of methoxy groups -OCH3 is 1. The second kappa shape index (κ2) is 6.44. The highest BCUT2D eigenvalue weighted by molar-refractivity contribution is 6.32. The van der Waals surface area contributed by atoms with E-state index >= 15 is 0 Å². The number of esters is 1. The lowest BCUT2D eigenvalue weighted by atomic mass is 9.79. The molecule has 1 saturated heterocycles. The van der Waals surface area contributed by atoms with Gasteiger partial charge in [0.25, 0.3) is 0 Å². The predicted molar refractivity (Wildman–Crippen MR) is 81.0 cm³/mol. The highest BCUT2D eigenvalue weighted by Crippen LogP contribution is 2.55. The third-order valence-electron chi connectivity index (χ3n) is 4.47. The molecule has 0 radical (unpaired) electrons. The standard InChI is InChI=1S/C16H18ClF3O4/c1-8-12(10-6-5-7-11(17)13(10)22-4)14(23-9(2)21)24-15(8,3)16(18,19)20/h5-8,12,14H,1-4H3. The third kappa shape index (κ3) is 3.07. The van der Waals surface area contributed by atoms with E-state index in [0.717, 1.165) is 13.8 Å². The molecule has 1 aliphatic heterocycles. The number of carbonyl (C=O) groups is 1. The zero-order valence-corrected chi connectivity index (χ0v) is 14.4. The second-order valence-corrected chi connectivity index (χ2v) is 6.28. The molecule has 0 aromatic heterocycles. The predicted octanol–water partition coefficient (Wildman–Crippen LogP) is 4.31. The molecule has 4 unspecified atom stereocenters. The summed E-state index contributed by atoms with van der Waals surface area (Å²) in [5.74, 6) is -2.41. The number of carbonyl (C=O) groups excluding carboxylic acids is 1. The molecule has 2 rings (SSSR count). The monoisotopic (exact) mass is 366 g/mol. The molecule has 0 N–H and O–H groups in total. The number of halogens is 4. The van der Waals surface area contributed by atoms with E-state index in [0.29, 0.717) is 5.56 Å². The molecule has 0 saturated carbocycles. The first kappa shape index (κ1) is 18.9. The summed E-state index contributed by atoms with van der Waals surface area (Å²) in [5.41, 5.74) is -2.07. The van der Waals surface area contributed by atoms with E-state index in [4.69, 9.17) is 25.8 Å². The molecule has 4 nitrogen and oxygen atoms in total. The zero-order valence-electron chi connectivity index (χ0n) is 13.6.